The molecule has 1 aliphatic rings. The number of halogens is 1. The summed E-state index contributed by atoms with van der Waals surface area (Å²) in [5, 5.41) is 11.1. The van der Waals surface area contributed by atoms with Gasteiger partial charge >= 0.3 is 0 Å². The number of nitro groups is 1. The van der Waals surface area contributed by atoms with Crippen LogP contribution in [-0.4, -0.2) is 54.3 Å². The highest BCUT2D eigenvalue weighted by Crippen LogP contribution is 2.31. The van der Waals surface area contributed by atoms with Crippen LogP contribution in [0.1, 0.15) is 10.5 Å². The smallest absolute Gasteiger partial charge is 0.271 e. The fraction of sp³-hybridized carbons (Fsp3) is 0.312. The van der Waals surface area contributed by atoms with Crippen LogP contribution in [0.3, 0.4) is 0 Å². The van der Waals surface area contributed by atoms with Crippen molar-refractivity contribution in [1.82, 2.24) is 8.87 Å². The van der Waals surface area contributed by atoms with Crippen LogP contribution in [0.25, 0.3) is 0 Å². The topological polar surface area (TPSA) is 132 Å². The maximum Gasteiger partial charge on any atom is 0.271 e. The van der Waals surface area contributed by atoms with Crippen molar-refractivity contribution in [3.05, 3.63) is 51.3 Å². The summed E-state index contributed by atoms with van der Waals surface area (Å²) in [7, 11) is -2.23. The van der Waals surface area contributed by atoms with E-state index in [-0.39, 0.29) is 34.4 Å². The molecular formula is C16H18ClN5O5S. The predicted molar refractivity (Wildman–Crippen MR) is 103 cm³/mol. The Morgan fingerprint density at radius 1 is 1.21 bits per heavy atom. The van der Waals surface area contributed by atoms with Gasteiger partial charge in [-0.05, 0) is 12.1 Å². The Labute approximate surface area is 166 Å². The molecule has 150 valence electrons. The number of piperazine rings is 1. The largest absolute Gasteiger partial charge is 0.368 e. The summed E-state index contributed by atoms with van der Waals surface area (Å²) in [6, 6.07) is 5.45. The third-order valence-corrected chi connectivity index (χ3v) is 6.76. The molecule has 0 radical (unpaired) electrons. The van der Waals surface area contributed by atoms with E-state index in [1.165, 1.54) is 33.3 Å². The van der Waals surface area contributed by atoms with Crippen LogP contribution in [0.2, 0.25) is 5.02 Å². The molecule has 0 atom stereocenters. The van der Waals surface area contributed by atoms with E-state index in [9.17, 15) is 23.3 Å². The lowest BCUT2D eigenvalue weighted by Crippen LogP contribution is -2.48. The number of aromatic nitrogens is 1. The van der Waals surface area contributed by atoms with Gasteiger partial charge in [-0.3, -0.25) is 14.9 Å². The molecule has 0 spiro atoms. The van der Waals surface area contributed by atoms with Gasteiger partial charge in [-0.25, -0.2) is 8.42 Å². The number of nitro benzene ring substituents is 1. The lowest BCUT2D eigenvalue weighted by atomic mass is 10.2. The highest BCUT2D eigenvalue weighted by atomic mass is 35.5. The number of carbonyl (C=O) groups excluding carboxylic acids is 1. The number of amides is 1. The van der Waals surface area contributed by atoms with Crippen molar-refractivity contribution in [3.63, 3.8) is 0 Å². The number of primary amides is 1. The summed E-state index contributed by atoms with van der Waals surface area (Å²) >= 11 is 6.15. The van der Waals surface area contributed by atoms with E-state index in [0.29, 0.717) is 18.8 Å². The van der Waals surface area contributed by atoms with E-state index < -0.39 is 20.9 Å². The lowest BCUT2D eigenvalue weighted by Gasteiger charge is -2.35. The Bertz CT molecular complexity index is 1040. The molecule has 1 fully saturated rings. The molecule has 28 heavy (non-hydrogen) atoms. The number of benzene rings is 1. The molecule has 2 heterocycles. The SMILES string of the molecule is Cn1cc(S(=O)(=O)N2CCN(c3ccc([N+](=O)[O-])cc3Cl)CC2)cc1C(N)=O. The van der Waals surface area contributed by atoms with Crippen molar-refractivity contribution in [2.75, 3.05) is 31.1 Å². The van der Waals surface area contributed by atoms with Crippen molar-refractivity contribution in [2.24, 2.45) is 12.8 Å². The van der Waals surface area contributed by atoms with Crippen molar-refractivity contribution in [3.8, 4) is 0 Å². The van der Waals surface area contributed by atoms with Gasteiger partial charge in [0.25, 0.3) is 11.6 Å². The Morgan fingerprint density at radius 3 is 2.36 bits per heavy atom. The Morgan fingerprint density at radius 2 is 1.86 bits per heavy atom. The summed E-state index contributed by atoms with van der Waals surface area (Å²) in [5.74, 6) is -0.707. The Hall–Kier alpha value is -2.63. The maximum atomic E-state index is 12.8. The van der Waals surface area contributed by atoms with Crippen LogP contribution in [0, 0.1) is 10.1 Å². The zero-order valence-electron chi connectivity index (χ0n) is 14.9. The summed E-state index contributed by atoms with van der Waals surface area (Å²) in [5.41, 5.74) is 5.86. The maximum absolute atomic E-state index is 12.8. The molecule has 2 aromatic rings. The van der Waals surface area contributed by atoms with E-state index in [2.05, 4.69) is 0 Å². The molecule has 0 saturated carbocycles. The zero-order chi connectivity index (χ0) is 20.6. The first kappa shape index (κ1) is 20.1. The molecule has 1 amide bonds. The fourth-order valence-electron chi connectivity index (χ4n) is 3.10. The minimum atomic E-state index is -3.78. The molecule has 2 N–H and O–H groups in total. The minimum Gasteiger partial charge on any atom is -0.368 e. The van der Waals surface area contributed by atoms with Crippen molar-refractivity contribution >= 4 is 38.9 Å². The van der Waals surface area contributed by atoms with Gasteiger partial charge in [0.1, 0.15) is 10.6 Å². The molecule has 3 rings (SSSR count). The normalized spacial score (nSPS) is 15.6. The molecule has 10 nitrogen and oxygen atoms in total. The first-order valence-corrected chi connectivity index (χ1v) is 10.1. The molecule has 0 unspecified atom stereocenters. The fourth-order valence-corrected chi connectivity index (χ4v) is 4.89. The number of non-ortho nitro benzene ring substituents is 1. The van der Waals surface area contributed by atoms with Gasteiger partial charge in [0.15, 0.2) is 0 Å². The second kappa shape index (κ2) is 7.41. The minimum absolute atomic E-state index is 0.00520. The average molecular weight is 428 g/mol. The van der Waals surface area contributed by atoms with E-state index in [4.69, 9.17) is 17.3 Å². The summed E-state index contributed by atoms with van der Waals surface area (Å²) < 4.78 is 28.4. The summed E-state index contributed by atoms with van der Waals surface area (Å²) in [6.45, 7) is 1.14. The van der Waals surface area contributed by atoms with Gasteiger partial charge in [-0.2, -0.15) is 4.31 Å². The lowest BCUT2D eigenvalue weighted by molar-refractivity contribution is -0.384. The molecule has 1 aromatic carbocycles. The van der Waals surface area contributed by atoms with Crippen molar-refractivity contribution in [2.45, 2.75) is 4.90 Å². The van der Waals surface area contributed by atoms with Gasteiger partial charge in [-0.15, -0.1) is 0 Å². The number of hydrogen-bond acceptors (Lipinski definition) is 6. The monoisotopic (exact) mass is 427 g/mol. The third-order valence-electron chi connectivity index (χ3n) is 4.59. The van der Waals surface area contributed by atoms with Crippen LogP contribution in [0.5, 0.6) is 0 Å². The van der Waals surface area contributed by atoms with E-state index >= 15 is 0 Å². The molecule has 1 aliphatic heterocycles. The van der Waals surface area contributed by atoms with Crippen LogP contribution in [-0.2, 0) is 17.1 Å². The second-order valence-corrected chi connectivity index (χ2v) is 8.67. The number of aryl methyl sites for hydroxylation is 1. The van der Waals surface area contributed by atoms with Gasteiger partial charge in [0.05, 0.1) is 15.6 Å². The van der Waals surface area contributed by atoms with Crippen LogP contribution < -0.4 is 10.6 Å². The predicted octanol–water partition coefficient (Wildman–Crippen LogP) is 1.20. The standard InChI is InChI=1S/C16H18ClN5O5S/c1-19-10-12(9-15(19)16(18)23)28(26,27)21-6-4-20(5-7-21)14-3-2-11(22(24)25)8-13(14)17/h2-3,8-10H,4-7H2,1H3,(H2,18,23). The molecule has 1 aromatic heterocycles. The van der Waals surface area contributed by atoms with Crippen LogP contribution in [0.15, 0.2) is 35.4 Å². The molecular weight excluding hydrogens is 410 g/mol. The Kier molecular flexibility index (Phi) is 5.33. The van der Waals surface area contributed by atoms with Gasteiger partial charge < -0.3 is 15.2 Å². The number of nitrogens with two attached hydrogens (primary N) is 1. The van der Waals surface area contributed by atoms with E-state index in [0.717, 1.165) is 0 Å². The van der Waals surface area contributed by atoms with E-state index in [1.54, 1.807) is 13.1 Å². The van der Waals surface area contributed by atoms with Crippen LogP contribution in [0.4, 0.5) is 11.4 Å². The Balaban J connectivity index is 1.75. The van der Waals surface area contributed by atoms with Gasteiger partial charge in [0.2, 0.25) is 10.0 Å². The number of rotatable bonds is 5. The second-order valence-electron chi connectivity index (χ2n) is 6.32. The summed E-state index contributed by atoms with van der Waals surface area (Å²) in [6.07, 6.45) is 1.36. The molecule has 12 heteroatoms. The first-order valence-electron chi connectivity index (χ1n) is 8.26. The summed E-state index contributed by atoms with van der Waals surface area (Å²) in [4.78, 5) is 23.5. The number of anilines is 1. The van der Waals surface area contributed by atoms with Crippen molar-refractivity contribution < 1.29 is 18.1 Å². The quantitative estimate of drug-likeness (QED) is 0.563. The number of sulfonamides is 1. The van der Waals surface area contributed by atoms with Crippen LogP contribution >= 0.6 is 11.6 Å². The number of hydrogen-bond donors (Lipinski definition) is 1. The number of carbonyl (C=O) groups is 1. The third kappa shape index (κ3) is 3.68. The molecule has 0 aliphatic carbocycles. The molecule has 1 saturated heterocycles. The molecule has 0 bridgehead atoms. The van der Waals surface area contributed by atoms with E-state index in [1.807, 2.05) is 4.90 Å². The van der Waals surface area contributed by atoms with Gasteiger partial charge in [-0.1, -0.05) is 11.6 Å². The highest BCUT2D eigenvalue weighted by molar-refractivity contribution is 7.89. The number of nitrogens with zero attached hydrogens (tertiary/aromatic N) is 4. The average Bonchev–Trinajstić information content (AvgIpc) is 3.04. The first-order chi connectivity index (χ1) is 13.1. The van der Waals surface area contributed by atoms with Crippen molar-refractivity contribution in [1.29, 1.82) is 0 Å². The zero-order valence-corrected chi connectivity index (χ0v) is 16.5. The van der Waals surface area contributed by atoms with Gasteiger partial charge in [0, 0.05) is 51.6 Å². The highest BCUT2D eigenvalue weighted by Gasteiger charge is 2.31.